The van der Waals surface area contributed by atoms with Gasteiger partial charge in [0, 0.05) is 5.02 Å². The van der Waals surface area contributed by atoms with E-state index in [1.807, 2.05) is 26.0 Å². The molecule has 0 aliphatic carbocycles. The molecule has 0 spiro atoms. The van der Waals surface area contributed by atoms with Gasteiger partial charge in [-0.3, -0.25) is 4.79 Å². The number of hydrogen-bond acceptors (Lipinski definition) is 4. The molecule has 19 heavy (non-hydrogen) atoms. The van der Waals surface area contributed by atoms with Gasteiger partial charge in [-0.2, -0.15) is 0 Å². The average Bonchev–Trinajstić information content (AvgIpc) is 2.69. The number of anilines is 1. The molecule has 2 rings (SSSR count). The number of thiazole rings is 1. The summed E-state index contributed by atoms with van der Waals surface area (Å²) in [5, 5.41) is 3.97. The van der Waals surface area contributed by atoms with Crippen molar-refractivity contribution in [2.75, 3.05) is 5.32 Å². The second-order valence-corrected chi connectivity index (χ2v) is 6.32. The highest BCUT2D eigenvalue weighted by Gasteiger charge is 2.16. The van der Waals surface area contributed by atoms with Crippen LogP contribution >= 0.6 is 22.9 Å². The third-order valence-electron chi connectivity index (χ3n) is 2.64. The number of hydrogen-bond donors (Lipinski definition) is 2. The van der Waals surface area contributed by atoms with Gasteiger partial charge in [0.05, 0.1) is 16.3 Å². The molecular weight excluding hydrogens is 282 g/mol. The van der Waals surface area contributed by atoms with E-state index in [9.17, 15) is 4.79 Å². The zero-order valence-corrected chi connectivity index (χ0v) is 12.4. The fourth-order valence-electron chi connectivity index (χ4n) is 1.76. The van der Waals surface area contributed by atoms with Crippen LogP contribution in [0.3, 0.4) is 0 Å². The lowest BCUT2D eigenvalue weighted by Gasteiger charge is -2.12. The number of benzene rings is 1. The smallest absolute Gasteiger partial charge is 0.243 e. The third kappa shape index (κ3) is 3.65. The first-order valence-electron chi connectivity index (χ1n) is 6.08. The minimum Gasteiger partial charge on any atom is -0.320 e. The zero-order valence-electron chi connectivity index (χ0n) is 10.8. The Kier molecular flexibility index (Phi) is 4.39. The van der Waals surface area contributed by atoms with E-state index in [4.69, 9.17) is 17.3 Å². The lowest BCUT2D eigenvalue weighted by Crippen LogP contribution is -2.36. The van der Waals surface area contributed by atoms with Gasteiger partial charge in [-0.1, -0.05) is 36.8 Å². The van der Waals surface area contributed by atoms with Gasteiger partial charge in [0.25, 0.3) is 0 Å². The predicted octanol–water partition coefficient (Wildman–Crippen LogP) is 3.26. The standard InChI is InChI=1S/C13H16ClN3OS/c1-7(2)5-9(15)12(18)17-13-16-10-4-3-8(14)6-11(10)19-13/h3-4,6-7,9H,5,15H2,1-2H3,(H,16,17,18). The topological polar surface area (TPSA) is 68.0 Å². The number of nitrogens with one attached hydrogen (secondary N) is 1. The molecule has 3 N–H and O–H groups in total. The zero-order chi connectivity index (χ0) is 14.0. The first kappa shape index (κ1) is 14.2. The molecule has 2 aromatic rings. The van der Waals surface area contributed by atoms with Crippen molar-refractivity contribution in [2.45, 2.75) is 26.3 Å². The van der Waals surface area contributed by atoms with Gasteiger partial charge in [-0.25, -0.2) is 4.98 Å². The summed E-state index contributed by atoms with van der Waals surface area (Å²) in [6.45, 7) is 4.07. The highest BCUT2D eigenvalue weighted by molar-refractivity contribution is 7.22. The molecule has 0 saturated heterocycles. The number of halogens is 1. The molecule has 1 unspecified atom stereocenters. The minimum absolute atomic E-state index is 0.196. The molecule has 0 saturated carbocycles. The van der Waals surface area contributed by atoms with Crippen molar-refractivity contribution in [1.29, 1.82) is 0 Å². The highest BCUT2D eigenvalue weighted by Crippen LogP contribution is 2.28. The van der Waals surface area contributed by atoms with E-state index in [1.165, 1.54) is 11.3 Å². The molecule has 1 atom stereocenters. The molecule has 0 radical (unpaired) electrons. The van der Waals surface area contributed by atoms with E-state index in [-0.39, 0.29) is 5.91 Å². The molecule has 4 nitrogen and oxygen atoms in total. The van der Waals surface area contributed by atoms with Crippen molar-refractivity contribution in [1.82, 2.24) is 4.98 Å². The Morgan fingerprint density at radius 1 is 1.53 bits per heavy atom. The van der Waals surface area contributed by atoms with E-state index in [2.05, 4.69) is 10.3 Å². The molecule has 1 amide bonds. The van der Waals surface area contributed by atoms with Crippen LogP contribution in [0.1, 0.15) is 20.3 Å². The van der Waals surface area contributed by atoms with Crippen LogP contribution in [0.4, 0.5) is 5.13 Å². The second kappa shape index (κ2) is 5.86. The monoisotopic (exact) mass is 297 g/mol. The number of aromatic nitrogens is 1. The van der Waals surface area contributed by atoms with Gasteiger partial charge in [-0.05, 0) is 30.5 Å². The summed E-state index contributed by atoms with van der Waals surface area (Å²) in [6.07, 6.45) is 0.655. The molecule has 0 aliphatic heterocycles. The van der Waals surface area contributed by atoms with Crippen molar-refractivity contribution >= 4 is 44.2 Å². The van der Waals surface area contributed by atoms with E-state index < -0.39 is 6.04 Å². The lowest BCUT2D eigenvalue weighted by atomic mass is 10.0. The maximum Gasteiger partial charge on any atom is 0.243 e. The molecular formula is C13H16ClN3OS. The van der Waals surface area contributed by atoms with E-state index >= 15 is 0 Å². The summed E-state index contributed by atoms with van der Waals surface area (Å²) in [4.78, 5) is 16.2. The molecule has 1 heterocycles. The predicted molar refractivity (Wildman–Crippen MR) is 80.7 cm³/mol. The molecule has 0 aliphatic rings. The number of amides is 1. The Morgan fingerprint density at radius 2 is 2.26 bits per heavy atom. The van der Waals surface area contributed by atoms with Crippen LogP contribution in [0, 0.1) is 5.92 Å². The van der Waals surface area contributed by atoms with Gasteiger partial charge >= 0.3 is 0 Å². The van der Waals surface area contributed by atoms with Gasteiger partial charge in [0.1, 0.15) is 0 Å². The number of carbonyl (C=O) groups excluding carboxylic acids is 1. The Balaban J connectivity index is 2.10. The Morgan fingerprint density at radius 3 is 2.95 bits per heavy atom. The lowest BCUT2D eigenvalue weighted by molar-refractivity contribution is -0.117. The summed E-state index contributed by atoms with van der Waals surface area (Å²) in [6, 6.07) is 4.94. The molecule has 0 bridgehead atoms. The van der Waals surface area contributed by atoms with Crippen molar-refractivity contribution in [3.8, 4) is 0 Å². The number of fused-ring (bicyclic) bond motifs is 1. The Bertz CT molecular complexity index is 597. The number of nitrogens with zero attached hydrogens (tertiary/aromatic N) is 1. The van der Waals surface area contributed by atoms with Crippen LogP contribution in [0.25, 0.3) is 10.2 Å². The maximum absolute atomic E-state index is 11.9. The van der Waals surface area contributed by atoms with Crippen molar-refractivity contribution in [3.63, 3.8) is 0 Å². The van der Waals surface area contributed by atoms with Crippen molar-refractivity contribution in [3.05, 3.63) is 23.2 Å². The highest BCUT2D eigenvalue weighted by atomic mass is 35.5. The summed E-state index contributed by atoms with van der Waals surface area (Å²) in [5.41, 5.74) is 6.65. The van der Waals surface area contributed by atoms with Crippen molar-refractivity contribution in [2.24, 2.45) is 11.7 Å². The maximum atomic E-state index is 11.9. The fraction of sp³-hybridized carbons (Fsp3) is 0.385. The summed E-state index contributed by atoms with van der Waals surface area (Å²) < 4.78 is 0.945. The third-order valence-corrected chi connectivity index (χ3v) is 3.81. The van der Waals surface area contributed by atoms with E-state index in [0.717, 1.165) is 10.2 Å². The largest absolute Gasteiger partial charge is 0.320 e. The summed E-state index contributed by atoms with van der Waals surface area (Å²) >= 11 is 7.31. The van der Waals surface area contributed by atoms with E-state index in [1.54, 1.807) is 6.07 Å². The van der Waals surface area contributed by atoms with Crippen LogP contribution in [-0.4, -0.2) is 16.9 Å². The van der Waals surface area contributed by atoms with Crippen LogP contribution in [0.2, 0.25) is 5.02 Å². The van der Waals surface area contributed by atoms with Gasteiger partial charge in [-0.15, -0.1) is 0 Å². The minimum atomic E-state index is -0.504. The van der Waals surface area contributed by atoms with Crippen molar-refractivity contribution < 1.29 is 4.79 Å². The average molecular weight is 298 g/mol. The summed E-state index contributed by atoms with van der Waals surface area (Å²) in [5.74, 6) is 0.189. The summed E-state index contributed by atoms with van der Waals surface area (Å²) in [7, 11) is 0. The SMILES string of the molecule is CC(C)CC(N)C(=O)Nc1nc2ccc(Cl)cc2s1. The van der Waals surface area contributed by atoms with E-state index in [0.29, 0.717) is 22.5 Å². The molecule has 6 heteroatoms. The molecule has 102 valence electrons. The number of nitrogens with two attached hydrogens (primary N) is 1. The van der Waals surface area contributed by atoms with Crippen LogP contribution in [-0.2, 0) is 4.79 Å². The molecule has 0 fully saturated rings. The first-order valence-corrected chi connectivity index (χ1v) is 7.27. The second-order valence-electron chi connectivity index (χ2n) is 4.86. The van der Waals surface area contributed by atoms with Crippen LogP contribution in [0.5, 0.6) is 0 Å². The molecule has 1 aromatic carbocycles. The van der Waals surface area contributed by atoms with Crippen LogP contribution < -0.4 is 11.1 Å². The first-order chi connectivity index (χ1) is 8.95. The van der Waals surface area contributed by atoms with Gasteiger partial charge in [0.2, 0.25) is 5.91 Å². The fourth-order valence-corrected chi connectivity index (χ4v) is 2.91. The normalized spacial score (nSPS) is 12.9. The van der Waals surface area contributed by atoms with Gasteiger partial charge < -0.3 is 11.1 Å². The number of carbonyl (C=O) groups is 1. The molecule has 1 aromatic heterocycles. The van der Waals surface area contributed by atoms with Gasteiger partial charge in [0.15, 0.2) is 5.13 Å². The quantitative estimate of drug-likeness (QED) is 0.910. The Labute approximate surface area is 121 Å². The van der Waals surface area contributed by atoms with Crippen LogP contribution in [0.15, 0.2) is 18.2 Å². The Hall–Kier alpha value is -1.17. The number of rotatable bonds is 4.